The Morgan fingerprint density at radius 3 is 2.58 bits per heavy atom. The molecule has 98 valence electrons. The summed E-state index contributed by atoms with van der Waals surface area (Å²) in [6.45, 7) is 0. The van der Waals surface area contributed by atoms with Crippen molar-refractivity contribution in [2.45, 2.75) is 38.1 Å². The summed E-state index contributed by atoms with van der Waals surface area (Å²) in [4.78, 5) is 12.2. The minimum atomic E-state index is -0.0531. The van der Waals surface area contributed by atoms with E-state index in [4.69, 9.17) is 0 Å². The second kappa shape index (κ2) is 5.34. The van der Waals surface area contributed by atoms with E-state index in [1.165, 1.54) is 19.3 Å². The Balaban J connectivity index is 1.79. The van der Waals surface area contributed by atoms with Crippen LogP contribution in [0.2, 0.25) is 0 Å². The quantitative estimate of drug-likeness (QED) is 0.792. The highest BCUT2D eigenvalue weighted by Crippen LogP contribution is 2.27. The molecule has 19 heavy (non-hydrogen) atoms. The maximum absolute atomic E-state index is 12.2. The number of ketones is 1. The smallest absolute Gasteiger partial charge is 0.214 e. The van der Waals surface area contributed by atoms with E-state index in [1.807, 2.05) is 35.0 Å². The van der Waals surface area contributed by atoms with Crippen LogP contribution in [0, 0.1) is 0 Å². The molecule has 4 nitrogen and oxygen atoms in total. The largest absolute Gasteiger partial charge is 0.287 e. The fourth-order valence-corrected chi connectivity index (χ4v) is 2.64. The van der Waals surface area contributed by atoms with E-state index in [1.54, 1.807) is 6.20 Å². The molecule has 0 amide bonds. The van der Waals surface area contributed by atoms with Gasteiger partial charge < -0.3 is 0 Å². The average molecular weight is 255 g/mol. The number of carbonyl (C=O) groups excluding carboxylic acids is 1. The Kier molecular flexibility index (Phi) is 3.40. The Morgan fingerprint density at radius 2 is 1.84 bits per heavy atom. The molecular formula is C15H17N3O. The SMILES string of the molecule is O=C(c1ccccc1)c1cn(C2CCCCC2)nn1. The van der Waals surface area contributed by atoms with Crippen LogP contribution in [0.25, 0.3) is 0 Å². The molecule has 1 aliphatic carbocycles. The summed E-state index contributed by atoms with van der Waals surface area (Å²) in [5.74, 6) is -0.0531. The van der Waals surface area contributed by atoms with Crippen molar-refractivity contribution < 1.29 is 4.79 Å². The highest BCUT2D eigenvalue weighted by molar-refractivity contribution is 6.07. The van der Waals surface area contributed by atoms with E-state index >= 15 is 0 Å². The fourth-order valence-electron chi connectivity index (χ4n) is 2.64. The molecule has 0 N–H and O–H groups in total. The second-order valence-corrected chi connectivity index (χ2v) is 5.07. The molecule has 0 atom stereocenters. The van der Waals surface area contributed by atoms with Crippen molar-refractivity contribution in [3.8, 4) is 0 Å². The maximum atomic E-state index is 12.2. The zero-order valence-corrected chi connectivity index (χ0v) is 10.8. The summed E-state index contributed by atoms with van der Waals surface area (Å²) in [6.07, 6.45) is 7.87. The van der Waals surface area contributed by atoms with Gasteiger partial charge in [0.1, 0.15) is 0 Å². The zero-order valence-electron chi connectivity index (χ0n) is 10.8. The van der Waals surface area contributed by atoms with E-state index in [0.717, 1.165) is 12.8 Å². The van der Waals surface area contributed by atoms with Gasteiger partial charge in [-0.25, -0.2) is 4.68 Å². The zero-order chi connectivity index (χ0) is 13.1. The van der Waals surface area contributed by atoms with Crippen LogP contribution in [0.15, 0.2) is 36.5 Å². The minimum Gasteiger partial charge on any atom is -0.287 e. The van der Waals surface area contributed by atoms with Crippen molar-refractivity contribution in [2.75, 3.05) is 0 Å². The van der Waals surface area contributed by atoms with Gasteiger partial charge in [0.05, 0.1) is 12.2 Å². The predicted molar refractivity (Wildman–Crippen MR) is 72.0 cm³/mol. The Bertz CT molecular complexity index is 556. The van der Waals surface area contributed by atoms with Crippen molar-refractivity contribution in [1.82, 2.24) is 15.0 Å². The summed E-state index contributed by atoms with van der Waals surface area (Å²) in [6, 6.07) is 9.65. The van der Waals surface area contributed by atoms with Gasteiger partial charge in [0, 0.05) is 5.56 Å². The highest BCUT2D eigenvalue weighted by Gasteiger charge is 2.19. The highest BCUT2D eigenvalue weighted by atomic mass is 16.1. The first-order chi connectivity index (χ1) is 9.34. The van der Waals surface area contributed by atoms with Crippen LogP contribution < -0.4 is 0 Å². The van der Waals surface area contributed by atoms with Crippen molar-refractivity contribution in [2.24, 2.45) is 0 Å². The molecule has 0 bridgehead atoms. The van der Waals surface area contributed by atoms with Gasteiger partial charge in [-0.1, -0.05) is 54.8 Å². The first-order valence-corrected chi connectivity index (χ1v) is 6.86. The van der Waals surface area contributed by atoms with Crippen molar-refractivity contribution in [3.63, 3.8) is 0 Å². The molecule has 0 radical (unpaired) electrons. The molecular weight excluding hydrogens is 238 g/mol. The van der Waals surface area contributed by atoms with Gasteiger partial charge in [-0.15, -0.1) is 5.10 Å². The average Bonchev–Trinajstić information content (AvgIpc) is 2.98. The van der Waals surface area contributed by atoms with Gasteiger partial charge in [-0.05, 0) is 12.8 Å². The Labute approximate surface area is 112 Å². The first-order valence-electron chi connectivity index (χ1n) is 6.86. The standard InChI is InChI=1S/C15H17N3O/c19-15(12-7-3-1-4-8-12)14-11-18(17-16-14)13-9-5-2-6-10-13/h1,3-4,7-8,11,13H,2,5-6,9-10H2. The lowest BCUT2D eigenvalue weighted by Crippen LogP contribution is -2.13. The molecule has 3 rings (SSSR count). The minimum absolute atomic E-state index is 0.0531. The Hall–Kier alpha value is -1.97. The molecule has 1 aromatic heterocycles. The molecule has 1 aromatic carbocycles. The lowest BCUT2D eigenvalue weighted by Gasteiger charge is -2.20. The van der Waals surface area contributed by atoms with Crippen LogP contribution in [0.3, 0.4) is 0 Å². The van der Waals surface area contributed by atoms with Crippen LogP contribution in [-0.2, 0) is 0 Å². The number of carbonyl (C=O) groups is 1. The predicted octanol–water partition coefficient (Wildman–Crippen LogP) is 3.01. The van der Waals surface area contributed by atoms with E-state index in [9.17, 15) is 4.79 Å². The summed E-state index contributed by atoms with van der Waals surface area (Å²) in [5.41, 5.74) is 1.11. The van der Waals surface area contributed by atoms with E-state index < -0.39 is 0 Å². The topological polar surface area (TPSA) is 47.8 Å². The van der Waals surface area contributed by atoms with Gasteiger partial charge in [0.15, 0.2) is 5.69 Å². The summed E-state index contributed by atoms with van der Waals surface area (Å²) < 4.78 is 1.87. The van der Waals surface area contributed by atoms with E-state index in [0.29, 0.717) is 17.3 Å². The van der Waals surface area contributed by atoms with Crippen LogP contribution in [-0.4, -0.2) is 20.8 Å². The number of rotatable bonds is 3. The molecule has 1 saturated carbocycles. The number of benzene rings is 1. The van der Waals surface area contributed by atoms with E-state index in [2.05, 4.69) is 10.3 Å². The van der Waals surface area contributed by atoms with E-state index in [-0.39, 0.29) is 5.78 Å². The lowest BCUT2D eigenvalue weighted by molar-refractivity contribution is 0.103. The molecule has 0 spiro atoms. The second-order valence-electron chi connectivity index (χ2n) is 5.07. The maximum Gasteiger partial charge on any atom is 0.214 e. The summed E-state index contributed by atoms with van der Waals surface area (Å²) in [7, 11) is 0. The van der Waals surface area contributed by atoms with Gasteiger partial charge in [-0.2, -0.15) is 0 Å². The molecule has 2 aromatic rings. The van der Waals surface area contributed by atoms with Gasteiger partial charge in [0.25, 0.3) is 0 Å². The number of hydrogen-bond acceptors (Lipinski definition) is 3. The number of aromatic nitrogens is 3. The summed E-state index contributed by atoms with van der Waals surface area (Å²) in [5, 5.41) is 8.16. The van der Waals surface area contributed by atoms with Gasteiger partial charge >= 0.3 is 0 Å². The molecule has 1 heterocycles. The molecule has 0 saturated heterocycles. The third-order valence-electron chi connectivity index (χ3n) is 3.73. The third-order valence-corrected chi connectivity index (χ3v) is 3.73. The van der Waals surface area contributed by atoms with Gasteiger partial charge in [-0.3, -0.25) is 4.79 Å². The monoisotopic (exact) mass is 255 g/mol. The van der Waals surface area contributed by atoms with Crippen LogP contribution in [0.5, 0.6) is 0 Å². The Morgan fingerprint density at radius 1 is 1.11 bits per heavy atom. The van der Waals surface area contributed by atoms with Crippen molar-refractivity contribution in [3.05, 3.63) is 47.8 Å². The van der Waals surface area contributed by atoms with Crippen LogP contribution in [0.1, 0.15) is 54.2 Å². The first kappa shape index (κ1) is 12.1. The molecule has 4 heteroatoms. The molecule has 1 aliphatic rings. The summed E-state index contributed by atoms with van der Waals surface area (Å²) >= 11 is 0. The third kappa shape index (κ3) is 2.57. The number of hydrogen-bond donors (Lipinski definition) is 0. The van der Waals surface area contributed by atoms with Gasteiger partial charge in [0.2, 0.25) is 5.78 Å². The lowest BCUT2D eigenvalue weighted by atomic mass is 9.96. The van der Waals surface area contributed by atoms with Crippen molar-refractivity contribution >= 4 is 5.78 Å². The molecule has 1 fully saturated rings. The molecule has 0 unspecified atom stereocenters. The van der Waals surface area contributed by atoms with Crippen LogP contribution in [0.4, 0.5) is 0 Å². The van der Waals surface area contributed by atoms with Crippen molar-refractivity contribution in [1.29, 1.82) is 0 Å². The number of nitrogens with zero attached hydrogens (tertiary/aromatic N) is 3. The molecule has 0 aliphatic heterocycles. The fraction of sp³-hybridized carbons (Fsp3) is 0.400. The normalized spacial score (nSPS) is 16.4. The van der Waals surface area contributed by atoms with Crippen LogP contribution >= 0.6 is 0 Å².